The molecule has 0 rings (SSSR count). The van der Waals surface area contributed by atoms with Gasteiger partial charge in [-0.2, -0.15) is 8.42 Å². The van der Waals surface area contributed by atoms with Gasteiger partial charge in [0, 0.05) is 6.54 Å². The molecular weight excluding hydrogens is 397 g/mol. The third-order valence-corrected chi connectivity index (χ3v) is 5.71. The molecule has 0 aromatic carbocycles. The molecule has 1 atom stereocenters. The Morgan fingerprint density at radius 3 is 1.96 bits per heavy atom. The summed E-state index contributed by atoms with van der Waals surface area (Å²) in [6.45, 7) is 1.66. The summed E-state index contributed by atoms with van der Waals surface area (Å²) >= 11 is 0. The van der Waals surface area contributed by atoms with Crippen molar-refractivity contribution in [3.63, 3.8) is 0 Å². The molecule has 28 heavy (non-hydrogen) atoms. The van der Waals surface area contributed by atoms with Crippen LogP contribution in [0.15, 0.2) is 0 Å². The van der Waals surface area contributed by atoms with Crippen LogP contribution < -0.4 is 40.0 Å². The Labute approximate surface area is 191 Å². The Morgan fingerprint density at radius 2 is 1.50 bits per heavy atom. The quantitative estimate of drug-likeness (QED) is 0.144. The van der Waals surface area contributed by atoms with Crippen LogP contribution in [0.25, 0.3) is 0 Å². The summed E-state index contributed by atoms with van der Waals surface area (Å²) in [5, 5.41) is 19.8. The average molecular weight is 432 g/mol. The molecule has 0 aliphatic carbocycles. The molecular formula is C18H34NNaO7S. The Morgan fingerprint density at radius 1 is 1.00 bits per heavy atom. The van der Waals surface area contributed by atoms with Gasteiger partial charge >= 0.3 is 29.6 Å². The van der Waals surface area contributed by atoms with Gasteiger partial charge in [-0.15, -0.1) is 0 Å². The van der Waals surface area contributed by atoms with E-state index in [1.54, 1.807) is 0 Å². The molecule has 8 nitrogen and oxygen atoms in total. The predicted octanol–water partition coefficient (Wildman–Crippen LogP) is -2.13. The summed E-state index contributed by atoms with van der Waals surface area (Å²) in [6.07, 6.45) is 10.00. The van der Waals surface area contributed by atoms with Gasteiger partial charge in [0.25, 0.3) is 10.1 Å². The molecule has 0 spiro atoms. The molecule has 1 amide bonds. The van der Waals surface area contributed by atoms with Gasteiger partial charge in [0.15, 0.2) is 0 Å². The molecule has 0 aromatic heterocycles. The molecule has 0 fully saturated rings. The van der Waals surface area contributed by atoms with Gasteiger partial charge in [0.05, 0.1) is 25.6 Å². The number of aliphatic carboxylic acids is 1. The van der Waals surface area contributed by atoms with E-state index in [9.17, 15) is 23.1 Å². The maximum atomic E-state index is 12.0. The number of hydrogen-bond acceptors (Lipinski definition) is 7. The smallest absolute Gasteiger partial charge is 0.549 e. The number of amides is 1. The normalized spacial score (nSPS) is 12.2. The van der Waals surface area contributed by atoms with Crippen LogP contribution in [0.2, 0.25) is 0 Å². The monoisotopic (exact) mass is 431 g/mol. The minimum Gasteiger partial charge on any atom is -0.549 e. The molecule has 0 radical (unpaired) electrons. The SMILES string of the molecule is CCCCCCCCCCCCOS(=O)(=O)C(CC(=O)NCCO)C(=O)[O-].[Na+]. The first-order chi connectivity index (χ1) is 12.8. The van der Waals surface area contributed by atoms with Crippen molar-refractivity contribution in [2.75, 3.05) is 19.8 Å². The fraction of sp³-hybridized carbons (Fsp3) is 0.889. The van der Waals surface area contributed by atoms with Crippen LogP contribution in [0, 0.1) is 0 Å². The Kier molecular flexibility index (Phi) is 20.2. The molecule has 0 saturated carbocycles. The molecule has 0 bridgehead atoms. The predicted molar refractivity (Wildman–Crippen MR) is 100 cm³/mol. The van der Waals surface area contributed by atoms with E-state index in [1.165, 1.54) is 38.5 Å². The van der Waals surface area contributed by atoms with Gasteiger partial charge in [0.2, 0.25) is 5.91 Å². The third kappa shape index (κ3) is 15.7. The molecule has 0 aliphatic rings. The van der Waals surface area contributed by atoms with Gasteiger partial charge in [-0.1, -0.05) is 64.7 Å². The summed E-state index contributed by atoms with van der Waals surface area (Å²) in [4.78, 5) is 22.5. The number of carboxylic acids is 1. The topological polar surface area (TPSA) is 133 Å². The van der Waals surface area contributed by atoms with Crippen molar-refractivity contribution in [1.29, 1.82) is 0 Å². The van der Waals surface area contributed by atoms with Gasteiger partial charge in [0.1, 0.15) is 5.25 Å². The number of carbonyl (C=O) groups is 2. The molecule has 10 heteroatoms. The minimum atomic E-state index is -4.44. The minimum absolute atomic E-state index is 0. The van der Waals surface area contributed by atoms with E-state index in [-0.39, 0.29) is 49.3 Å². The van der Waals surface area contributed by atoms with Crippen molar-refractivity contribution >= 4 is 22.0 Å². The van der Waals surface area contributed by atoms with Gasteiger partial charge < -0.3 is 20.3 Å². The van der Waals surface area contributed by atoms with E-state index in [0.717, 1.165) is 19.3 Å². The van der Waals surface area contributed by atoms with Crippen LogP contribution in [0.1, 0.15) is 77.6 Å². The second-order valence-corrected chi connectivity index (χ2v) is 8.37. The van der Waals surface area contributed by atoms with Crippen molar-refractivity contribution in [2.24, 2.45) is 0 Å². The summed E-state index contributed by atoms with van der Waals surface area (Å²) < 4.78 is 28.7. The third-order valence-electron chi connectivity index (χ3n) is 4.16. The van der Waals surface area contributed by atoms with E-state index >= 15 is 0 Å². The van der Waals surface area contributed by atoms with Crippen LogP contribution >= 0.6 is 0 Å². The molecule has 160 valence electrons. The van der Waals surface area contributed by atoms with Crippen molar-refractivity contribution in [3.8, 4) is 0 Å². The Balaban J connectivity index is 0. The largest absolute Gasteiger partial charge is 1.00 e. The van der Waals surface area contributed by atoms with Crippen molar-refractivity contribution in [3.05, 3.63) is 0 Å². The molecule has 0 aromatic rings. The van der Waals surface area contributed by atoms with Crippen LogP contribution in [0.3, 0.4) is 0 Å². The van der Waals surface area contributed by atoms with Gasteiger partial charge in [-0.3, -0.25) is 8.98 Å². The van der Waals surface area contributed by atoms with Crippen LogP contribution in [0.4, 0.5) is 0 Å². The summed E-state index contributed by atoms with van der Waals surface area (Å²) in [7, 11) is -4.44. The summed E-state index contributed by atoms with van der Waals surface area (Å²) in [5.74, 6) is -2.68. The van der Waals surface area contributed by atoms with Crippen LogP contribution in [0.5, 0.6) is 0 Å². The number of carboxylic acid groups (broad SMARTS) is 1. The number of hydrogen-bond donors (Lipinski definition) is 2. The van der Waals surface area contributed by atoms with Crippen molar-refractivity contribution in [2.45, 2.75) is 82.8 Å². The number of aliphatic hydroxyl groups is 1. The summed E-state index contributed by atoms with van der Waals surface area (Å²) in [5.41, 5.74) is 0. The van der Waals surface area contributed by atoms with Crippen LogP contribution in [-0.4, -0.2) is 50.4 Å². The zero-order valence-corrected chi connectivity index (χ0v) is 20.1. The molecule has 1 unspecified atom stereocenters. The second kappa shape index (κ2) is 18.8. The standard InChI is InChI=1S/C18H35NO7S.Na/c1-2-3-4-5-6-7-8-9-10-11-14-26-27(24,25)16(18(22)23)15-17(21)19-12-13-20;/h16,20H,2-15H2,1H3,(H,19,21)(H,22,23);/q;+1/p-1. The van der Waals surface area contributed by atoms with E-state index in [2.05, 4.69) is 12.2 Å². The van der Waals surface area contributed by atoms with E-state index in [4.69, 9.17) is 9.29 Å². The maximum absolute atomic E-state index is 12.0. The number of unbranched alkanes of at least 4 members (excludes halogenated alkanes) is 9. The van der Waals surface area contributed by atoms with Gasteiger partial charge in [-0.05, 0) is 6.42 Å². The first kappa shape index (κ1) is 30.0. The van der Waals surface area contributed by atoms with Gasteiger partial charge in [-0.25, -0.2) is 0 Å². The zero-order valence-electron chi connectivity index (χ0n) is 17.3. The molecule has 0 heterocycles. The fourth-order valence-corrected chi connectivity index (χ4v) is 3.69. The van der Waals surface area contributed by atoms with E-state index in [1.807, 2.05) is 0 Å². The van der Waals surface area contributed by atoms with Crippen molar-refractivity contribution < 1.29 is 62.0 Å². The maximum Gasteiger partial charge on any atom is 1.00 e. The second-order valence-electron chi connectivity index (χ2n) is 6.58. The average Bonchev–Trinajstić information content (AvgIpc) is 2.62. The number of carbonyl (C=O) groups excluding carboxylic acids is 2. The Bertz CT molecular complexity index is 514. The molecule has 0 aliphatic heterocycles. The zero-order chi connectivity index (χ0) is 20.5. The number of rotatable bonds is 18. The Hall–Kier alpha value is -0.190. The van der Waals surface area contributed by atoms with Crippen LogP contribution in [-0.2, 0) is 23.9 Å². The fourth-order valence-electron chi connectivity index (χ4n) is 2.59. The van der Waals surface area contributed by atoms with Crippen molar-refractivity contribution in [1.82, 2.24) is 5.32 Å². The molecule has 0 saturated heterocycles. The van der Waals surface area contributed by atoms with E-state index in [0.29, 0.717) is 6.42 Å². The first-order valence-electron chi connectivity index (χ1n) is 9.81. The summed E-state index contributed by atoms with van der Waals surface area (Å²) in [6, 6.07) is 0. The first-order valence-corrected chi connectivity index (χ1v) is 11.3. The number of nitrogens with one attached hydrogen (secondary N) is 1. The molecule has 2 N–H and O–H groups in total. The number of aliphatic hydroxyl groups excluding tert-OH is 1. The van der Waals surface area contributed by atoms with E-state index < -0.39 is 33.7 Å².